The van der Waals surface area contributed by atoms with Gasteiger partial charge in [-0.05, 0) is 6.07 Å². The largest absolute Gasteiger partial charge is 0.475 e. The average molecular weight is 122 g/mol. The maximum atomic E-state index is 3.96. The highest BCUT2D eigenvalue weighted by Crippen LogP contribution is 1.90. The maximum Gasteiger partial charge on any atom is 0.0788 e. The van der Waals surface area contributed by atoms with Crippen molar-refractivity contribution in [3.05, 3.63) is 37.1 Å². The zero-order valence-electron chi connectivity index (χ0n) is 5.25. The number of nitrogens with two attached hydrogens (primary N) is 1. The normalized spacial score (nSPS) is 9.44. The van der Waals surface area contributed by atoms with E-state index in [1.165, 1.54) is 5.56 Å². The van der Waals surface area contributed by atoms with Gasteiger partial charge in [-0.3, -0.25) is 4.98 Å². The molecule has 0 fully saturated rings. The summed E-state index contributed by atoms with van der Waals surface area (Å²) in [6.45, 7) is 0.911. The molecule has 1 aromatic rings. The van der Waals surface area contributed by atoms with Gasteiger partial charge in [-0.25, -0.2) is 0 Å². The first-order valence-corrected chi connectivity index (χ1v) is 2.93. The number of rotatable bonds is 2. The second-order valence-electron chi connectivity index (χ2n) is 1.85. The molecule has 1 heterocycles. The van der Waals surface area contributed by atoms with Crippen LogP contribution in [0.3, 0.4) is 0 Å². The first-order chi connectivity index (χ1) is 4.43. The molecular formula is C7H10N2. The molecule has 0 amide bonds. The predicted molar refractivity (Wildman–Crippen MR) is 35.2 cm³/mol. The standard InChI is InChI=1S/C7H10N2/c1-8-5-7-3-2-4-9-6-7/h2-4,6H,1,5,8H2. The summed E-state index contributed by atoms with van der Waals surface area (Å²) in [6.07, 6.45) is 3.62. The van der Waals surface area contributed by atoms with Gasteiger partial charge in [0.25, 0.3) is 0 Å². The van der Waals surface area contributed by atoms with Gasteiger partial charge in [-0.15, -0.1) is 0 Å². The molecule has 0 aromatic carbocycles. The second kappa shape index (κ2) is 3.20. The molecule has 0 unspecified atom stereocenters. The lowest BCUT2D eigenvalue weighted by molar-refractivity contribution is -0.612. The van der Waals surface area contributed by atoms with Crippen molar-refractivity contribution in [2.45, 2.75) is 6.54 Å². The van der Waals surface area contributed by atoms with Crippen molar-refractivity contribution >= 4 is 0 Å². The van der Waals surface area contributed by atoms with Gasteiger partial charge in [0.15, 0.2) is 0 Å². The molecular weight excluding hydrogens is 112 g/mol. The van der Waals surface area contributed by atoms with E-state index in [2.05, 4.69) is 12.0 Å². The van der Waals surface area contributed by atoms with Crippen molar-refractivity contribution in [3.8, 4) is 0 Å². The minimum Gasteiger partial charge on any atom is -0.475 e. The van der Waals surface area contributed by atoms with Gasteiger partial charge in [0.2, 0.25) is 0 Å². The highest BCUT2D eigenvalue weighted by atomic mass is 14.8. The Bertz CT molecular complexity index is 160. The topological polar surface area (TPSA) is 29.5 Å². The highest BCUT2D eigenvalue weighted by Gasteiger charge is 1.85. The number of hydrogen-bond acceptors (Lipinski definition) is 1. The molecule has 0 aliphatic heterocycles. The number of hydrogen-bond donors (Lipinski definition) is 1. The summed E-state index contributed by atoms with van der Waals surface area (Å²) in [5.41, 5.74) is 1.22. The Balaban J connectivity index is 2.61. The van der Waals surface area contributed by atoms with Crippen LogP contribution in [0.4, 0.5) is 0 Å². The molecule has 1 rings (SSSR count). The molecule has 1 aromatic heterocycles. The Morgan fingerprint density at radius 1 is 1.67 bits per heavy atom. The van der Waals surface area contributed by atoms with Gasteiger partial charge < -0.3 is 5.32 Å². The summed E-state index contributed by atoms with van der Waals surface area (Å²) in [6, 6.07) is 3.97. The Morgan fingerprint density at radius 3 is 3.11 bits per heavy atom. The van der Waals surface area contributed by atoms with Gasteiger partial charge in [-0.2, -0.15) is 7.05 Å². The monoisotopic (exact) mass is 122 g/mol. The SMILES string of the molecule is [CH2-][NH2+]Cc1cccnc1. The fraction of sp³-hybridized carbons (Fsp3) is 0.143. The Kier molecular flexibility index (Phi) is 2.22. The van der Waals surface area contributed by atoms with Gasteiger partial charge in [0, 0.05) is 18.0 Å². The molecule has 2 heteroatoms. The molecule has 0 saturated heterocycles. The van der Waals surface area contributed by atoms with Gasteiger partial charge >= 0.3 is 0 Å². The number of pyridine rings is 1. The molecule has 0 saturated carbocycles. The van der Waals surface area contributed by atoms with E-state index in [9.17, 15) is 0 Å². The molecule has 0 aliphatic rings. The molecule has 9 heavy (non-hydrogen) atoms. The van der Waals surface area contributed by atoms with Crippen LogP contribution < -0.4 is 5.32 Å². The third kappa shape index (κ3) is 1.82. The van der Waals surface area contributed by atoms with E-state index in [0.29, 0.717) is 0 Å². The van der Waals surface area contributed by atoms with Crippen LogP contribution in [0.25, 0.3) is 0 Å². The molecule has 2 N–H and O–H groups in total. The Hall–Kier alpha value is -0.890. The van der Waals surface area contributed by atoms with Gasteiger partial charge in [-0.1, -0.05) is 6.07 Å². The van der Waals surface area contributed by atoms with E-state index in [-0.39, 0.29) is 0 Å². The van der Waals surface area contributed by atoms with Gasteiger partial charge in [0.1, 0.15) is 0 Å². The number of quaternary nitrogens is 1. The van der Waals surface area contributed by atoms with Crippen molar-refractivity contribution < 1.29 is 5.32 Å². The zero-order valence-corrected chi connectivity index (χ0v) is 5.25. The van der Waals surface area contributed by atoms with Crippen molar-refractivity contribution in [1.29, 1.82) is 0 Å². The van der Waals surface area contributed by atoms with E-state index in [0.717, 1.165) is 6.54 Å². The molecule has 0 aliphatic carbocycles. The molecule has 0 spiro atoms. The fourth-order valence-corrected chi connectivity index (χ4v) is 0.686. The number of aromatic nitrogens is 1. The summed E-state index contributed by atoms with van der Waals surface area (Å²) in [5, 5.41) is 1.87. The van der Waals surface area contributed by atoms with Crippen LogP contribution in [0.15, 0.2) is 24.5 Å². The third-order valence-corrected chi connectivity index (χ3v) is 1.10. The molecule has 0 bridgehead atoms. The van der Waals surface area contributed by atoms with Crippen LogP contribution in [-0.4, -0.2) is 4.98 Å². The zero-order chi connectivity index (χ0) is 6.53. The lowest BCUT2D eigenvalue weighted by Gasteiger charge is -1.97. The van der Waals surface area contributed by atoms with Crippen LogP contribution in [0, 0.1) is 7.05 Å². The fourth-order valence-electron chi connectivity index (χ4n) is 0.686. The summed E-state index contributed by atoms with van der Waals surface area (Å²) in [7, 11) is 3.63. The Morgan fingerprint density at radius 2 is 2.56 bits per heavy atom. The number of nitrogens with zero attached hydrogens (tertiary/aromatic N) is 1. The minimum absolute atomic E-state index is 0.911. The van der Waals surface area contributed by atoms with Crippen molar-refractivity contribution in [3.63, 3.8) is 0 Å². The van der Waals surface area contributed by atoms with E-state index in [1.54, 1.807) is 6.20 Å². The quantitative estimate of drug-likeness (QED) is 0.547. The third-order valence-electron chi connectivity index (χ3n) is 1.10. The first kappa shape index (κ1) is 6.23. The maximum absolute atomic E-state index is 3.96. The minimum atomic E-state index is 0.911. The van der Waals surface area contributed by atoms with Crippen molar-refractivity contribution in [1.82, 2.24) is 4.98 Å². The van der Waals surface area contributed by atoms with Crippen LogP contribution in [0.5, 0.6) is 0 Å². The van der Waals surface area contributed by atoms with Crippen LogP contribution in [0.1, 0.15) is 5.56 Å². The average Bonchev–Trinajstić information content (AvgIpc) is 1.91. The van der Waals surface area contributed by atoms with E-state index < -0.39 is 0 Å². The van der Waals surface area contributed by atoms with Crippen molar-refractivity contribution in [2.24, 2.45) is 0 Å². The molecule has 2 nitrogen and oxygen atoms in total. The van der Waals surface area contributed by atoms with Gasteiger partial charge in [0.05, 0.1) is 6.54 Å². The lowest BCUT2D eigenvalue weighted by Crippen LogP contribution is -2.74. The smallest absolute Gasteiger partial charge is 0.0788 e. The summed E-state index contributed by atoms with van der Waals surface area (Å²) < 4.78 is 0. The predicted octanol–water partition coefficient (Wildman–Crippen LogP) is -0.0634. The van der Waals surface area contributed by atoms with Crippen molar-refractivity contribution in [2.75, 3.05) is 0 Å². The molecule has 48 valence electrons. The summed E-state index contributed by atoms with van der Waals surface area (Å²) >= 11 is 0. The molecule has 0 radical (unpaired) electrons. The van der Waals surface area contributed by atoms with Crippen LogP contribution >= 0.6 is 0 Å². The van der Waals surface area contributed by atoms with E-state index in [1.807, 2.05) is 23.6 Å². The van der Waals surface area contributed by atoms with E-state index in [4.69, 9.17) is 0 Å². The van der Waals surface area contributed by atoms with Crippen LogP contribution in [0.2, 0.25) is 0 Å². The van der Waals surface area contributed by atoms with Crippen LogP contribution in [-0.2, 0) is 6.54 Å². The second-order valence-corrected chi connectivity index (χ2v) is 1.85. The summed E-state index contributed by atoms with van der Waals surface area (Å²) in [4.78, 5) is 3.96. The molecule has 0 atom stereocenters. The Labute approximate surface area is 54.9 Å². The van der Waals surface area contributed by atoms with E-state index >= 15 is 0 Å². The summed E-state index contributed by atoms with van der Waals surface area (Å²) in [5.74, 6) is 0. The highest BCUT2D eigenvalue weighted by molar-refractivity contribution is 5.06. The first-order valence-electron chi connectivity index (χ1n) is 2.93. The lowest BCUT2D eigenvalue weighted by atomic mass is 10.3.